The van der Waals surface area contributed by atoms with E-state index < -0.39 is 23.2 Å². The van der Waals surface area contributed by atoms with Crippen LogP contribution in [0, 0.1) is 18.7 Å². The fraction of sp³-hybridized carbons (Fsp3) is 0.371. The summed E-state index contributed by atoms with van der Waals surface area (Å²) in [5, 5.41) is 5.63. The van der Waals surface area contributed by atoms with E-state index in [-0.39, 0.29) is 55.3 Å². The molecular formula is C35H41FN2O4. The number of rotatable bonds is 14. The highest BCUT2D eigenvalue weighted by molar-refractivity contribution is 5.97. The zero-order chi connectivity index (χ0) is 30.7. The Labute approximate surface area is 248 Å². The summed E-state index contributed by atoms with van der Waals surface area (Å²) in [5.41, 5.74) is 3.29. The van der Waals surface area contributed by atoms with Crippen LogP contribution in [0.3, 0.4) is 0 Å². The molecule has 222 valence electrons. The van der Waals surface area contributed by atoms with Crippen molar-refractivity contribution in [3.05, 3.63) is 95.3 Å². The van der Waals surface area contributed by atoms with Crippen LogP contribution in [0.2, 0.25) is 0 Å². The van der Waals surface area contributed by atoms with Gasteiger partial charge >= 0.3 is 0 Å². The minimum atomic E-state index is -0.824. The molecule has 0 unspecified atom stereocenters. The normalized spacial score (nSPS) is 11.9. The van der Waals surface area contributed by atoms with Gasteiger partial charge in [0.2, 0.25) is 11.8 Å². The van der Waals surface area contributed by atoms with Crippen molar-refractivity contribution < 1.29 is 23.6 Å². The van der Waals surface area contributed by atoms with E-state index in [9.17, 15) is 23.6 Å². The maximum absolute atomic E-state index is 14.5. The van der Waals surface area contributed by atoms with E-state index in [4.69, 9.17) is 0 Å². The Kier molecular flexibility index (Phi) is 11.7. The zero-order valence-corrected chi connectivity index (χ0v) is 25.0. The second-order valence-electron chi connectivity index (χ2n) is 11.8. The fourth-order valence-electron chi connectivity index (χ4n) is 4.74. The quantitative estimate of drug-likeness (QED) is 0.173. The van der Waals surface area contributed by atoms with Gasteiger partial charge < -0.3 is 10.6 Å². The second kappa shape index (κ2) is 15.2. The van der Waals surface area contributed by atoms with Crippen molar-refractivity contribution in [1.29, 1.82) is 0 Å². The van der Waals surface area contributed by atoms with Crippen LogP contribution in [0.4, 0.5) is 4.39 Å². The number of aryl methyl sites for hydroxylation is 2. The van der Waals surface area contributed by atoms with Gasteiger partial charge in [-0.15, -0.1) is 0 Å². The monoisotopic (exact) mass is 572 g/mol. The number of Topliss-reactive ketones (excluding diaryl/α,β-unsaturated/α-hetero) is 2. The highest BCUT2D eigenvalue weighted by Gasteiger charge is 2.26. The number of nitrogens with one attached hydrogen (secondary N) is 2. The molecular weight excluding hydrogens is 531 g/mol. The maximum Gasteiger partial charge on any atom is 0.224 e. The van der Waals surface area contributed by atoms with Gasteiger partial charge in [-0.2, -0.15) is 0 Å². The Bertz CT molecular complexity index is 1400. The molecule has 2 N–H and O–H groups in total. The summed E-state index contributed by atoms with van der Waals surface area (Å²) >= 11 is 0. The Morgan fingerprint density at radius 3 is 2.24 bits per heavy atom. The summed E-state index contributed by atoms with van der Waals surface area (Å²) in [6.07, 6.45) is 1.01. The van der Waals surface area contributed by atoms with Crippen molar-refractivity contribution in [2.75, 3.05) is 6.54 Å². The molecule has 0 fully saturated rings. The first kappa shape index (κ1) is 32.4. The first-order valence-electron chi connectivity index (χ1n) is 14.5. The summed E-state index contributed by atoms with van der Waals surface area (Å²) < 4.78 is 14.5. The van der Waals surface area contributed by atoms with Crippen molar-refractivity contribution in [3.63, 3.8) is 0 Å². The van der Waals surface area contributed by atoms with E-state index in [2.05, 4.69) is 10.6 Å². The molecule has 0 aromatic heterocycles. The summed E-state index contributed by atoms with van der Waals surface area (Å²) in [6.45, 7) is 7.68. The number of ketones is 2. The van der Waals surface area contributed by atoms with Gasteiger partial charge in [-0.25, -0.2) is 4.39 Å². The summed E-state index contributed by atoms with van der Waals surface area (Å²) in [4.78, 5) is 51.3. The number of amides is 2. The Morgan fingerprint density at radius 1 is 0.833 bits per heavy atom. The smallest absolute Gasteiger partial charge is 0.224 e. The van der Waals surface area contributed by atoms with E-state index in [1.54, 1.807) is 12.1 Å². The van der Waals surface area contributed by atoms with E-state index in [1.807, 2.05) is 82.3 Å². The lowest BCUT2D eigenvalue weighted by atomic mass is 9.94. The van der Waals surface area contributed by atoms with Crippen molar-refractivity contribution in [1.82, 2.24) is 10.6 Å². The molecule has 7 heteroatoms. The van der Waals surface area contributed by atoms with Crippen LogP contribution in [-0.4, -0.2) is 35.5 Å². The fourth-order valence-corrected chi connectivity index (χ4v) is 4.74. The maximum atomic E-state index is 14.5. The molecule has 0 heterocycles. The van der Waals surface area contributed by atoms with Crippen LogP contribution >= 0.6 is 0 Å². The minimum Gasteiger partial charge on any atom is -0.356 e. The third kappa shape index (κ3) is 10.7. The number of hydrogen-bond acceptors (Lipinski definition) is 4. The molecule has 0 radical (unpaired) electrons. The van der Waals surface area contributed by atoms with E-state index in [0.29, 0.717) is 12.8 Å². The number of hydrogen-bond donors (Lipinski definition) is 2. The molecule has 1 atom stereocenters. The summed E-state index contributed by atoms with van der Waals surface area (Å²) in [5.74, 6) is -2.57. The highest BCUT2D eigenvalue weighted by atomic mass is 19.1. The van der Waals surface area contributed by atoms with Crippen molar-refractivity contribution in [2.45, 2.75) is 71.8 Å². The third-order valence-electron chi connectivity index (χ3n) is 6.82. The average Bonchev–Trinajstić information content (AvgIpc) is 2.93. The Hall–Kier alpha value is -4.13. The molecule has 6 nitrogen and oxygen atoms in total. The Morgan fingerprint density at radius 2 is 1.55 bits per heavy atom. The van der Waals surface area contributed by atoms with Gasteiger partial charge in [0.15, 0.2) is 5.78 Å². The van der Waals surface area contributed by atoms with Crippen molar-refractivity contribution >= 4 is 23.4 Å². The van der Waals surface area contributed by atoms with E-state index in [0.717, 1.165) is 22.3 Å². The van der Waals surface area contributed by atoms with Gasteiger partial charge in [-0.1, -0.05) is 66.2 Å². The molecule has 0 saturated heterocycles. The molecule has 0 aliphatic heterocycles. The molecule has 0 spiro atoms. The molecule has 42 heavy (non-hydrogen) atoms. The topological polar surface area (TPSA) is 92.3 Å². The SMILES string of the molecule is Cc1cccc(-c2ccc(F)c(C(=O)CCCNC(=O)[C@@H](CC(=O)CCc3ccccc3)CC(=O)NC(C)(C)C)c2)c1. The lowest BCUT2D eigenvalue weighted by molar-refractivity contribution is -0.133. The molecule has 0 bridgehead atoms. The summed E-state index contributed by atoms with van der Waals surface area (Å²) in [6, 6.07) is 21.9. The van der Waals surface area contributed by atoms with Crippen LogP contribution in [0.1, 0.15) is 74.4 Å². The minimum absolute atomic E-state index is 0.0149. The number of carbonyl (C=O) groups excluding carboxylic acids is 4. The highest BCUT2D eigenvalue weighted by Crippen LogP contribution is 2.24. The second-order valence-corrected chi connectivity index (χ2v) is 11.8. The zero-order valence-electron chi connectivity index (χ0n) is 25.0. The molecule has 0 aliphatic rings. The molecule has 2 amide bonds. The first-order chi connectivity index (χ1) is 19.9. The van der Waals surface area contributed by atoms with Gasteiger partial charge in [0.25, 0.3) is 0 Å². The van der Waals surface area contributed by atoms with Crippen LogP contribution in [0.25, 0.3) is 11.1 Å². The largest absolute Gasteiger partial charge is 0.356 e. The van der Waals surface area contributed by atoms with Crippen molar-refractivity contribution in [3.8, 4) is 11.1 Å². The van der Waals surface area contributed by atoms with Crippen LogP contribution < -0.4 is 10.6 Å². The van der Waals surface area contributed by atoms with Crippen molar-refractivity contribution in [2.24, 2.45) is 5.92 Å². The van der Waals surface area contributed by atoms with E-state index in [1.165, 1.54) is 6.07 Å². The van der Waals surface area contributed by atoms with Crippen LogP contribution in [-0.2, 0) is 20.8 Å². The Balaban J connectivity index is 1.57. The van der Waals surface area contributed by atoms with Gasteiger partial charge in [0.05, 0.1) is 11.5 Å². The van der Waals surface area contributed by atoms with Crippen LogP contribution in [0.5, 0.6) is 0 Å². The standard InChI is InChI=1S/C35H41FN2O4/c1-24-10-8-13-26(20-24)27-16-18-31(36)30(22-27)32(40)14-9-19-37-34(42)28(23-33(41)38-35(2,3)4)21-29(39)17-15-25-11-6-5-7-12-25/h5-8,10-13,16,18,20,22,28H,9,14-15,17,19,21,23H2,1-4H3,(H,37,42)(H,38,41)/t28-/m0/s1. The van der Waals surface area contributed by atoms with Gasteiger partial charge in [0, 0.05) is 37.8 Å². The number of halogens is 1. The number of carbonyl (C=O) groups is 4. The first-order valence-corrected chi connectivity index (χ1v) is 14.5. The molecule has 3 aromatic rings. The predicted octanol–water partition coefficient (Wildman–Crippen LogP) is 6.39. The number of benzene rings is 3. The summed E-state index contributed by atoms with van der Waals surface area (Å²) in [7, 11) is 0. The lowest BCUT2D eigenvalue weighted by Gasteiger charge is -2.23. The average molecular weight is 573 g/mol. The predicted molar refractivity (Wildman–Crippen MR) is 164 cm³/mol. The van der Waals surface area contributed by atoms with Gasteiger partial charge in [0.1, 0.15) is 11.6 Å². The van der Waals surface area contributed by atoms with Gasteiger partial charge in [-0.3, -0.25) is 19.2 Å². The molecule has 3 aromatic carbocycles. The molecule has 0 aliphatic carbocycles. The molecule has 3 rings (SSSR count). The van der Waals surface area contributed by atoms with Crippen LogP contribution in [0.15, 0.2) is 72.8 Å². The molecule has 0 saturated carbocycles. The van der Waals surface area contributed by atoms with E-state index >= 15 is 0 Å². The third-order valence-corrected chi connectivity index (χ3v) is 6.82. The van der Waals surface area contributed by atoms with Gasteiger partial charge in [-0.05, 0) is 69.4 Å². The lowest BCUT2D eigenvalue weighted by Crippen LogP contribution is -2.43.